The number of hydrogen-bond acceptors (Lipinski definition) is 3. The van der Waals surface area contributed by atoms with Crippen LogP contribution in [0.15, 0.2) is 24.7 Å². The quantitative estimate of drug-likeness (QED) is 0.726. The summed E-state index contributed by atoms with van der Waals surface area (Å²) in [7, 11) is 0. The van der Waals surface area contributed by atoms with Crippen molar-refractivity contribution in [1.82, 2.24) is 0 Å². The van der Waals surface area contributed by atoms with E-state index in [0.29, 0.717) is 11.8 Å². The largest absolute Gasteiger partial charge is 0.473 e. The number of nitrogens with two attached hydrogens (primary N) is 2. The molecule has 0 amide bonds. The van der Waals surface area contributed by atoms with Crippen molar-refractivity contribution in [2.45, 2.75) is 75.3 Å². The molecule has 8 bridgehead atoms. The highest BCUT2D eigenvalue weighted by atomic mass is 16.5. The van der Waals surface area contributed by atoms with Gasteiger partial charge in [0.15, 0.2) is 0 Å². The van der Waals surface area contributed by atoms with Gasteiger partial charge in [-0.1, -0.05) is 0 Å². The van der Waals surface area contributed by atoms with Gasteiger partial charge in [-0.15, -0.1) is 0 Å². The summed E-state index contributed by atoms with van der Waals surface area (Å²) in [5.74, 6) is 6.21. The highest BCUT2D eigenvalue weighted by Crippen LogP contribution is 2.59. The van der Waals surface area contributed by atoms with Crippen molar-refractivity contribution in [3.8, 4) is 0 Å². The van der Waals surface area contributed by atoms with Crippen LogP contribution in [-0.2, 0) is 4.74 Å². The molecule has 148 valence electrons. The average Bonchev–Trinajstić information content (AvgIpc) is 2.56. The maximum atomic E-state index is 6.85. The first-order valence-corrected chi connectivity index (χ1v) is 11.6. The molecule has 3 nitrogen and oxygen atoms in total. The molecule has 8 rings (SSSR count). The van der Waals surface area contributed by atoms with Crippen molar-refractivity contribution >= 4 is 0 Å². The van der Waals surface area contributed by atoms with Crippen LogP contribution in [0.25, 0.3) is 0 Å². The van der Waals surface area contributed by atoms with E-state index in [1.807, 2.05) is 12.5 Å². The van der Waals surface area contributed by atoms with Crippen molar-refractivity contribution in [2.24, 2.45) is 58.8 Å². The zero-order valence-electron chi connectivity index (χ0n) is 16.6. The summed E-state index contributed by atoms with van der Waals surface area (Å²) in [5.41, 5.74) is 13.8. The van der Waals surface area contributed by atoms with Gasteiger partial charge in [0.05, 0.1) is 12.5 Å². The summed E-state index contributed by atoms with van der Waals surface area (Å²) in [6.07, 6.45) is 21.8. The lowest BCUT2D eigenvalue weighted by Crippen LogP contribution is -2.61. The van der Waals surface area contributed by atoms with E-state index >= 15 is 0 Å². The van der Waals surface area contributed by atoms with Gasteiger partial charge in [0.25, 0.3) is 0 Å². The minimum atomic E-state index is 0.0427. The lowest BCUT2D eigenvalue weighted by atomic mass is 9.49. The standard InChI is InChI=1S/C24H36N2O/c25-23-11-15-5-16(12-23)8-19(7-15)21(23)1-3-27-4-2-22-20-9-17-6-18(10-20)14-24(22,26)13-17/h1-4,15-22H,5-14,25-26H2. The van der Waals surface area contributed by atoms with Crippen LogP contribution in [0.1, 0.15) is 64.2 Å². The third kappa shape index (κ3) is 2.68. The Hall–Kier alpha value is -0.800. The van der Waals surface area contributed by atoms with Crippen molar-refractivity contribution in [2.75, 3.05) is 0 Å². The molecule has 0 heterocycles. The van der Waals surface area contributed by atoms with Gasteiger partial charge < -0.3 is 16.2 Å². The van der Waals surface area contributed by atoms with Gasteiger partial charge in [-0.3, -0.25) is 0 Å². The van der Waals surface area contributed by atoms with Crippen molar-refractivity contribution in [3.63, 3.8) is 0 Å². The minimum Gasteiger partial charge on any atom is -0.473 e. The van der Waals surface area contributed by atoms with E-state index in [1.165, 1.54) is 64.2 Å². The smallest absolute Gasteiger partial charge is 0.0864 e. The molecule has 0 radical (unpaired) electrons. The molecule has 0 aromatic rings. The summed E-state index contributed by atoms with van der Waals surface area (Å²) in [5, 5.41) is 0. The lowest BCUT2D eigenvalue weighted by molar-refractivity contribution is -0.0367. The third-order valence-corrected chi connectivity index (χ3v) is 9.62. The Bertz CT molecular complexity index is 585. The van der Waals surface area contributed by atoms with Gasteiger partial charge in [0.1, 0.15) is 0 Å². The molecule has 27 heavy (non-hydrogen) atoms. The molecule has 8 fully saturated rings. The van der Waals surface area contributed by atoms with Crippen LogP contribution in [-0.4, -0.2) is 11.1 Å². The Morgan fingerprint density at radius 2 is 0.963 bits per heavy atom. The van der Waals surface area contributed by atoms with E-state index in [2.05, 4.69) is 12.2 Å². The highest BCUT2D eigenvalue weighted by molar-refractivity contribution is 5.16. The SMILES string of the molecule is NC12CC3CC(CC(C3)C1C=COC=CC1C3CC4CC(C3)CC1(N)C4)C2. The van der Waals surface area contributed by atoms with Crippen LogP contribution in [0.5, 0.6) is 0 Å². The molecule has 4 N–H and O–H groups in total. The first-order chi connectivity index (χ1) is 13.0. The molecular formula is C24H36N2O. The fourth-order valence-corrected chi connectivity index (χ4v) is 9.29. The summed E-state index contributed by atoms with van der Waals surface area (Å²) < 4.78 is 5.86. The number of rotatable bonds is 4. The number of hydrogen-bond donors (Lipinski definition) is 2. The Kier molecular flexibility index (Phi) is 3.71. The Labute approximate surface area is 164 Å². The van der Waals surface area contributed by atoms with Crippen molar-refractivity contribution in [1.29, 1.82) is 0 Å². The van der Waals surface area contributed by atoms with Crippen LogP contribution < -0.4 is 11.5 Å². The first-order valence-electron chi connectivity index (χ1n) is 11.6. The van der Waals surface area contributed by atoms with Crippen LogP contribution in [0, 0.1) is 47.3 Å². The topological polar surface area (TPSA) is 61.3 Å². The fourth-order valence-electron chi connectivity index (χ4n) is 9.29. The Balaban J connectivity index is 1.10. The first kappa shape index (κ1) is 17.1. The zero-order valence-corrected chi connectivity index (χ0v) is 16.6. The van der Waals surface area contributed by atoms with Crippen LogP contribution in [0.2, 0.25) is 0 Å². The molecular weight excluding hydrogens is 332 g/mol. The zero-order chi connectivity index (χ0) is 18.2. The second kappa shape index (κ2) is 5.86. The van der Waals surface area contributed by atoms with Crippen LogP contribution in [0.4, 0.5) is 0 Å². The molecule has 0 aliphatic heterocycles. The fraction of sp³-hybridized carbons (Fsp3) is 0.833. The molecule has 6 unspecified atom stereocenters. The molecule has 8 aliphatic rings. The van der Waals surface area contributed by atoms with Gasteiger partial charge in [0, 0.05) is 22.9 Å². The van der Waals surface area contributed by atoms with Crippen molar-refractivity contribution < 1.29 is 4.74 Å². The van der Waals surface area contributed by atoms with E-state index in [9.17, 15) is 0 Å². The predicted molar refractivity (Wildman–Crippen MR) is 107 cm³/mol. The third-order valence-electron chi connectivity index (χ3n) is 9.62. The molecule has 3 heteroatoms. The second-order valence-corrected chi connectivity index (χ2v) is 11.5. The molecule has 0 aromatic heterocycles. The Morgan fingerprint density at radius 1 is 0.593 bits per heavy atom. The minimum absolute atomic E-state index is 0.0427. The van der Waals surface area contributed by atoms with Gasteiger partial charge >= 0.3 is 0 Å². The molecule has 0 saturated heterocycles. The van der Waals surface area contributed by atoms with E-state index in [1.54, 1.807) is 0 Å². The molecule has 0 spiro atoms. The number of ether oxygens (including phenoxy) is 1. The molecule has 0 aromatic carbocycles. The normalized spacial score (nSPS) is 58.0. The molecule has 8 saturated carbocycles. The molecule has 6 atom stereocenters. The van der Waals surface area contributed by atoms with Gasteiger partial charge in [-0.2, -0.15) is 0 Å². The maximum absolute atomic E-state index is 6.85. The summed E-state index contributed by atoms with van der Waals surface area (Å²) >= 11 is 0. The average molecular weight is 369 g/mol. The maximum Gasteiger partial charge on any atom is 0.0864 e. The van der Waals surface area contributed by atoms with Crippen LogP contribution in [0.3, 0.4) is 0 Å². The lowest BCUT2D eigenvalue weighted by Gasteiger charge is -2.59. The van der Waals surface area contributed by atoms with E-state index < -0.39 is 0 Å². The monoisotopic (exact) mass is 368 g/mol. The second-order valence-electron chi connectivity index (χ2n) is 11.5. The van der Waals surface area contributed by atoms with Crippen LogP contribution >= 0.6 is 0 Å². The van der Waals surface area contributed by atoms with Crippen molar-refractivity contribution in [3.05, 3.63) is 24.7 Å². The Morgan fingerprint density at radius 3 is 1.30 bits per heavy atom. The predicted octanol–water partition coefficient (Wildman–Crippen LogP) is 4.34. The summed E-state index contributed by atoms with van der Waals surface area (Å²) in [4.78, 5) is 0. The summed E-state index contributed by atoms with van der Waals surface area (Å²) in [6.45, 7) is 0. The van der Waals surface area contributed by atoms with E-state index in [-0.39, 0.29) is 11.1 Å². The molecule has 8 aliphatic carbocycles. The van der Waals surface area contributed by atoms with Gasteiger partial charge in [-0.05, 0) is 112 Å². The summed E-state index contributed by atoms with van der Waals surface area (Å²) in [6, 6.07) is 0. The highest BCUT2D eigenvalue weighted by Gasteiger charge is 2.55. The van der Waals surface area contributed by atoms with Gasteiger partial charge in [-0.25, -0.2) is 0 Å². The van der Waals surface area contributed by atoms with Gasteiger partial charge in [0.2, 0.25) is 0 Å². The van der Waals surface area contributed by atoms with E-state index in [0.717, 1.165) is 35.5 Å². The van der Waals surface area contributed by atoms with E-state index in [4.69, 9.17) is 16.2 Å².